The first-order valence-electron chi connectivity index (χ1n) is 6.44. The van der Waals surface area contributed by atoms with Gasteiger partial charge in [-0.1, -0.05) is 23.7 Å². The van der Waals surface area contributed by atoms with Crippen LogP contribution in [-0.2, 0) is 19.6 Å². The van der Waals surface area contributed by atoms with Crippen molar-refractivity contribution in [1.82, 2.24) is 4.90 Å². The number of nitrogens with zero attached hydrogens (tertiary/aromatic N) is 2. The largest absolute Gasteiger partial charge is 0.399 e. The summed E-state index contributed by atoms with van der Waals surface area (Å²) in [4.78, 5) is 2.32. The number of benzene rings is 2. The van der Waals surface area contributed by atoms with Gasteiger partial charge < -0.3 is 5.73 Å². The van der Waals surface area contributed by atoms with E-state index >= 15 is 0 Å². The maximum Gasteiger partial charge on any atom is 0.0992 e. The van der Waals surface area contributed by atoms with Crippen LogP contribution >= 0.6 is 11.6 Å². The summed E-state index contributed by atoms with van der Waals surface area (Å²) in [5, 5.41) is 9.50. The summed E-state index contributed by atoms with van der Waals surface area (Å²) < 4.78 is 0. The zero-order valence-electron chi connectivity index (χ0n) is 10.9. The Bertz CT molecular complexity index is 703. The number of nitrogens with two attached hydrogens (primary N) is 1. The first-order chi connectivity index (χ1) is 9.65. The van der Waals surface area contributed by atoms with E-state index in [0.717, 1.165) is 30.9 Å². The lowest BCUT2D eigenvalue weighted by atomic mass is 10.1. The number of halogens is 1. The molecule has 0 atom stereocenters. The lowest BCUT2D eigenvalue weighted by molar-refractivity contribution is 0.275. The van der Waals surface area contributed by atoms with Crippen molar-refractivity contribution < 1.29 is 0 Å². The van der Waals surface area contributed by atoms with Crippen LogP contribution in [0, 0.1) is 11.3 Å². The second kappa shape index (κ2) is 5.16. The van der Waals surface area contributed by atoms with Crippen molar-refractivity contribution in [3.8, 4) is 6.07 Å². The van der Waals surface area contributed by atoms with Gasteiger partial charge in [0.1, 0.15) is 0 Å². The Balaban J connectivity index is 1.76. The predicted molar refractivity (Wildman–Crippen MR) is 80.0 cm³/mol. The highest BCUT2D eigenvalue weighted by molar-refractivity contribution is 6.31. The van der Waals surface area contributed by atoms with E-state index in [1.54, 1.807) is 6.07 Å². The predicted octanol–water partition coefficient (Wildman–Crippen LogP) is 3.31. The zero-order valence-corrected chi connectivity index (χ0v) is 11.7. The van der Waals surface area contributed by atoms with Gasteiger partial charge in [-0.15, -0.1) is 0 Å². The van der Waals surface area contributed by atoms with Gasteiger partial charge in [0.05, 0.1) is 11.6 Å². The molecule has 0 radical (unpaired) electrons. The van der Waals surface area contributed by atoms with E-state index < -0.39 is 0 Å². The van der Waals surface area contributed by atoms with Crippen LogP contribution in [0.1, 0.15) is 22.3 Å². The minimum atomic E-state index is 0.594. The van der Waals surface area contributed by atoms with Crippen LogP contribution in [0.3, 0.4) is 0 Å². The minimum Gasteiger partial charge on any atom is -0.399 e. The first-order valence-corrected chi connectivity index (χ1v) is 6.81. The Labute approximate surface area is 123 Å². The Hall–Kier alpha value is -2.02. The summed E-state index contributed by atoms with van der Waals surface area (Å²) in [5.74, 6) is 0. The van der Waals surface area contributed by atoms with Crippen LogP contribution in [0.25, 0.3) is 0 Å². The van der Waals surface area contributed by atoms with Crippen LogP contribution in [0.4, 0.5) is 5.69 Å². The molecule has 3 rings (SSSR count). The van der Waals surface area contributed by atoms with Crippen LogP contribution in [0.5, 0.6) is 0 Å². The van der Waals surface area contributed by atoms with E-state index in [-0.39, 0.29) is 0 Å². The van der Waals surface area contributed by atoms with Gasteiger partial charge in [0.2, 0.25) is 0 Å². The molecule has 4 heteroatoms. The summed E-state index contributed by atoms with van der Waals surface area (Å²) in [6, 6.07) is 13.6. The van der Waals surface area contributed by atoms with Gasteiger partial charge >= 0.3 is 0 Å². The van der Waals surface area contributed by atoms with Crippen molar-refractivity contribution in [3.05, 3.63) is 63.7 Å². The van der Waals surface area contributed by atoms with Crippen LogP contribution in [0.15, 0.2) is 36.4 Å². The third-order valence-corrected chi connectivity index (χ3v) is 3.95. The monoisotopic (exact) mass is 283 g/mol. The fourth-order valence-electron chi connectivity index (χ4n) is 2.58. The molecule has 1 aliphatic rings. The topological polar surface area (TPSA) is 53.0 Å². The van der Waals surface area contributed by atoms with Crippen molar-refractivity contribution in [2.75, 3.05) is 5.73 Å². The zero-order chi connectivity index (χ0) is 14.1. The molecule has 1 aliphatic heterocycles. The fraction of sp³-hybridized carbons (Fsp3) is 0.188. The first kappa shape index (κ1) is 13.0. The van der Waals surface area contributed by atoms with Gasteiger partial charge in [-0.3, -0.25) is 4.90 Å². The molecule has 100 valence electrons. The Morgan fingerprint density at radius 3 is 2.70 bits per heavy atom. The van der Waals surface area contributed by atoms with Gasteiger partial charge in [-0.2, -0.15) is 5.26 Å². The summed E-state index contributed by atoms with van der Waals surface area (Å²) in [6.07, 6.45) is 0. The second-order valence-electron chi connectivity index (χ2n) is 5.09. The van der Waals surface area contributed by atoms with Crippen LogP contribution in [0.2, 0.25) is 5.02 Å². The molecular formula is C16H14ClN3. The van der Waals surface area contributed by atoms with E-state index in [1.807, 2.05) is 24.3 Å². The maximum absolute atomic E-state index is 8.85. The standard InChI is InChI=1S/C16H14ClN3/c17-16-5-11(7-18)1-2-13(16)9-20-8-12-3-4-15(19)6-14(12)10-20/h1-6H,8-10,19H2. The molecule has 0 bridgehead atoms. The van der Waals surface area contributed by atoms with Crippen LogP contribution < -0.4 is 5.73 Å². The van der Waals surface area contributed by atoms with Crippen molar-refractivity contribution in [3.63, 3.8) is 0 Å². The van der Waals surface area contributed by atoms with Crippen molar-refractivity contribution >= 4 is 17.3 Å². The minimum absolute atomic E-state index is 0.594. The summed E-state index contributed by atoms with van der Waals surface area (Å²) in [7, 11) is 0. The highest BCUT2D eigenvalue weighted by atomic mass is 35.5. The van der Waals surface area contributed by atoms with Crippen molar-refractivity contribution in [1.29, 1.82) is 5.26 Å². The van der Waals surface area contributed by atoms with E-state index in [9.17, 15) is 0 Å². The van der Waals surface area contributed by atoms with E-state index in [4.69, 9.17) is 22.6 Å². The number of nitrogen functional groups attached to an aromatic ring is 1. The molecule has 0 aliphatic carbocycles. The SMILES string of the molecule is N#Cc1ccc(CN2Cc3ccc(N)cc3C2)c(Cl)c1. The number of rotatable bonds is 2. The van der Waals surface area contributed by atoms with Gasteiger partial charge in [0.25, 0.3) is 0 Å². The Morgan fingerprint density at radius 2 is 1.95 bits per heavy atom. The molecule has 0 saturated carbocycles. The van der Waals surface area contributed by atoms with Crippen molar-refractivity contribution in [2.24, 2.45) is 0 Å². The molecule has 0 spiro atoms. The molecular weight excluding hydrogens is 270 g/mol. The summed E-state index contributed by atoms with van der Waals surface area (Å²) >= 11 is 6.23. The number of hydrogen-bond donors (Lipinski definition) is 1. The van der Waals surface area contributed by atoms with Gasteiger partial charge in [-0.05, 0) is 41.0 Å². The van der Waals surface area contributed by atoms with E-state index in [0.29, 0.717) is 10.6 Å². The van der Waals surface area contributed by atoms with Crippen LogP contribution in [-0.4, -0.2) is 4.90 Å². The third-order valence-electron chi connectivity index (χ3n) is 3.59. The molecule has 2 aromatic carbocycles. The third kappa shape index (κ3) is 2.49. The summed E-state index contributed by atoms with van der Waals surface area (Å²) in [5.41, 5.74) is 10.9. The van der Waals surface area contributed by atoms with E-state index in [2.05, 4.69) is 17.0 Å². The fourth-order valence-corrected chi connectivity index (χ4v) is 2.82. The maximum atomic E-state index is 8.85. The van der Waals surface area contributed by atoms with E-state index in [1.165, 1.54) is 11.1 Å². The molecule has 0 saturated heterocycles. The molecule has 0 fully saturated rings. The average molecular weight is 284 g/mol. The second-order valence-corrected chi connectivity index (χ2v) is 5.50. The Morgan fingerprint density at radius 1 is 1.15 bits per heavy atom. The molecule has 20 heavy (non-hydrogen) atoms. The van der Waals surface area contributed by atoms with Crippen molar-refractivity contribution in [2.45, 2.75) is 19.6 Å². The smallest absolute Gasteiger partial charge is 0.0992 e. The highest BCUT2D eigenvalue weighted by Crippen LogP contribution is 2.28. The molecule has 3 nitrogen and oxygen atoms in total. The molecule has 2 N–H and O–H groups in total. The number of fused-ring (bicyclic) bond motifs is 1. The number of nitriles is 1. The quantitative estimate of drug-likeness (QED) is 0.860. The molecule has 1 heterocycles. The highest BCUT2D eigenvalue weighted by Gasteiger charge is 2.19. The van der Waals surface area contributed by atoms with Gasteiger partial charge in [0, 0.05) is 30.3 Å². The normalized spacial score (nSPS) is 14.0. The lowest BCUT2D eigenvalue weighted by Gasteiger charge is -2.15. The average Bonchev–Trinajstić information content (AvgIpc) is 2.82. The van der Waals surface area contributed by atoms with Gasteiger partial charge in [-0.25, -0.2) is 0 Å². The summed E-state index contributed by atoms with van der Waals surface area (Å²) in [6.45, 7) is 2.57. The molecule has 0 unspecified atom stereocenters. The molecule has 0 aromatic heterocycles. The molecule has 0 amide bonds. The molecule has 2 aromatic rings. The Kier molecular flexibility index (Phi) is 3.35. The van der Waals surface area contributed by atoms with Gasteiger partial charge in [0.15, 0.2) is 0 Å². The number of anilines is 1. The number of hydrogen-bond acceptors (Lipinski definition) is 3. The lowest BCUT2D eigenvalue weighted by Crippen LogP contribution is -2.15.